The molecule has 0 radical (unpaired) electrons. The average Bonchev–Trinajstić information content (AvgIpc) is 3.16. The molecule has 2 unspecified atom stereocenters. The normalized spacial score (nSPS) is 25.2. The van der Waals surface area contributed by atoms with Crippen molar-refractivity contribution in [2.24, 2.45) is 0 Å². The third kappa shape index (κ3) is 6.23. The number of hydrogen-bond acceptors (Lipinski definition) is 7. The Balaban J connectivity index is 1.42. The van der Waals surface area contributed by atoms with Crippen LogP contribution >= 0.6 is 24.4 Å². The predicted octanol–water partition coefficient (Wildman–Crippen LogP) is 0.489. The van der Waals surface area contributed by atoms with Crippen LogP contribution in [0.1, 0.15) is 0 Å². The predicted molar refractivity (Wildman–Crippen MR) is 67.4 cm³/mol. The Bertz CT molecular complexity index is 260. The Hall–Kier alpha value is -0.340. The molecule has 0 aliphatic carbocycles. The van der Waals surface area contributed by atoms with Gasteiger partial charge in [0.25, 0.3) is 0 Å². The molecule has 0 aromatic heterocycles. The second-order valence-electron chi connectivity index (χ2n) is 3.77. The minimum atomic E-state index is 0.205. The van der Waals surface area contributed by atoms with Gasteiger partial charge in [0.1, 0.15) is 38.6 Å². The fourth-order valence-corrected chi connectivity index (χ4v) is 1.30. The molecule has 0 N–H and O–H groups in total. The van der Waals surface area contributed by atoms with Crippen LogP contribution in [0.3, 0.4) is 0 Å². The molecule has 96 valence electrons. The van der Waals surface area contributed by atoms with Gasteiger partial charge >= 0.3 is 0 Å². The summed E-state index contributed by atoms with van der Waals surface area (Å²) < 4.78 is 25.7. The molecule has 2 fully saturated rings. The van der Waals surface area contributed by atoms with Gasteiger partial charge in [-0.3, -0.25) is 0 Å². The highest BCUT2D eigenvalue weighted by molar-refractivity contribution is 7.80. The number of hydrogen-bond donors (Lipinski definition) is 0. The Morgan fingerprint density at radius 3 is 1.71 bits per heavy atom. The number of epoxide rings is 2. The van der Waals surface area contributed by atoms with Gasteiger partial charge in [-0.05, 0) is 24.4 Å². The van der Waals surface area contributed by atoms with Crippen molar-refractivity contribution in [2.45, 2.75) is 12.2 Å². The molecule has 2 heterocycles. The number of rotatable bonds is 8. The Morgan fingerprint density at radius 2 is 1.35 bits per heavy atom. The van der Waals surface area contributed by atoms with Gasteiger partial charge in [-0.2, -0.15) is 0 Å². The summed E-state index contributed by atoms with van der Waals surface area (Å²) in [6.07, 6.45) is 0.409. The quantitative estimate of drug-likeness (QED) is 0.473. The van der Waals surface area contributed by atoms with E-state index in [2.05, 4.69) is 0 Å². The fourth-order valence-electron chi connectivity index (χ4n) is 1.00. The number of thiocarbonyl (C=S) groups is 2. The van der Waals surface area contributed by atoms with Crippen LogP contribution in [0.2, 0.25) is 0 Å². The van der Waals surface area contributed by atoms with Crippen molar-refractivity contribution in [3.63, 3.8) is 0 Å². The van der Waals surface area contributed by atoms with Crippen LogP contribution in [0, 0.1) is 0 Å². The van der Waals surface area contributed by atoms with Crippen LogP contribution in [0.25, 0.3) is 0 Å². The number of ether oxygens (including phenoxy) is 5. The van der Waals surface area contributed by atoms with Gasteiger partial charge in [-0.1, -0.05) is 0 Å². The largest absolute Gasteiger partial charge is 0.482 e. The van der Waals surface area contributed by atoms with Crippen LogP contribution in [0.4, 0.5) is 0 Å². The van der Waals surface area contributed by atoms with E-state index in [0.29, 0.717) is 23.3 Å². The summed E-state index contributed by atoms with van der Waals surface area (Å²) in [5.41, 5.74) is 0. The molecule has 0 bridgehead atoms. The Labute approximate surface area is 110 Å². The first-order chi connectivity index (χ1) is 8.24. The van der Waals surface area contributed by atoms with Crippen LogP contribution < -0.4 is 0 Å². The first-order valence-electron chi connectivity index (χ1n) is 5.36. The monoisotopic (exact) mass is 278 g/mol. The average molecular weight is 278 g/mol. The van der Waals surface area contributed by atoms with Gasteiger partial charge in [-0.15, -0.1) is 0 Å². The molecule has 2 rings (SSSR count). The maximum absolute atomic E-state index is 5.25. The first kappa shape index (κ1) is 13.1. The summed E-state index contributed by atoms with van der Waals surface area (Å²) >= 11 is 9.92. The highest BCUT2D eigenvalue weighted by Gasteiger charge is 2.24. The van der Waals surface area contributed by atoms with Crippen LogP contribution in [0.5, 0.6) is 0 Å². The van der Waals surface area contributed by atoms with Gasteiger partial charge in [0.15, 0.2) is 10.1 Å². The Morgan fingerprint density at radius 1 is 0.941 bits per heavy atom. The van der Waals surface area contributed by atoms with Crippen molar-refractivity contribution in [2.75, 3.05) is 39.6 Å². The fraction of sp³-hybridized carbons (Fsp3) is 0.800. The zero-order valence-electron chi connectivity index (χ0n) is 9.26. The second kappa shape index (κ2) is 6.55. The summed E-state index contributed by atoms with van der Waals surface area (Å²) in [6, 6.07) is 0. The molecule has 2 aliphatic heterocycles. The highest BCUT2D eigenvalue weighted by Crippen LogP contribution is 2.09. The summed E-state index contributed by atoms with van der Waals surface area (Å²) in [4.78, 5) is 0. The highest BCUT2D eigenvalue weighted by atomic mass is 32.1. The van der Waals surface area contributed by atoms with E-state index in [1.165, 1.54) is 0 Å². The molecule has 17 heavy (non-hydrogen) atoms. The zero-order chi connectivity index (χ0) is 12.1. The van der Waals surface area contributed by atoms with Gasteiger partial charge in [0, 0.05) is 0 Å². The van der Waals surface area contributed by atoms with E-state index in [-0.39, 0.29) is 25.4 Å². The topological polar surface area (TPSA) is 52.8 Å². The maximum atomic E-state index is 5.25. The van der Waals surface area contributed by atoms with Crippen molar-refractivity contribution in [3.05, 3.63) is 0 Å². The molecule has 2 aliphatic rings. The van der Waals surface area contributed by atoms with Crippen LogP contribution in [-0.2, 0) is 23.7 Å². The minimum Gasteiger partial charge on any atom is -0.482 e. The second-order valence-corrected chi connectivity index (χ2v) is 4.68. The summed E-state index contributed by atoms with van der Waals surface area (Å²) in [5.74, 6) is 0. The lowest BCUT2D eigenvalue weighted by Gasteiger charge is -2.08. The third-order valence-electron chi connectivity index (χ3n) is 2.10. The molecule has 0 spiro atoms. The van der Waals surface area contributed by atoms with Gasteiger partial charge in [-0.25, -0.2) is 0 Å². The SMILES string of the molecule is S=C(COCC(=S)OCC1CO1)OCC1CO1. The van der Waals surface area contributed by atoms with Crippen LogP contribution in [0.15, 0.2) is 0 Å². The minimum absolute atomic E-state index is 0.205. The van der Waals surface area contributed by atoms with Crippen molar-refractivity contribution < 1.29 is 23.7 Å². The van der Waals surface area contributed by atoms with Crippen molar-refractivity contribution in [3.8, 4) is 0 Å². The maximum Gasteiger partial charge on any atom is 0.185 e. The standard InChI is InChI=1S/C10H14O5S2/c16-9(14-3-7-1-12-7)5-11-6-10(17)15-4-8-2-13-8/h7-8H,1-6H2. The van der Waals surface area contributed by atoms with E-state index in [1.54, 1.807) is 0 Å². The lowest BCUT2D eigenvalue weighted by atomic mass is 10.5. The molecule has 0 aromatic rings. The molecule has 0 aromatic carbocycles. The molecule has 5 nitrogen and oxygen atoms in total. The molecular weight excluding hydrogens is 264 g/mol. The smallest absolute Gasteiger partial charge is 0.185 e. The molecule has 7 heteroatoms. The van der Waals surface area contributed by atoms with E-state index in [4.69, 9.17) is 48.1 Å². The van der Waals surface area contributed by atoms with Gasteiger partial charge in [0.05, 0.1) is 13.2 Å². The van der Waals surface area contributed by atoms with E-state index in [0.717, 1.165) is 13.2 Å². The van der Waals surface area contributed by atoms with Crippen molar-refractivity contribution in [1.29, 1.82) is 0 Å². The first-order valence-corrected chi connectivity index (χ1v) is 6.18. The Kier molecular flexibility index (Phi) is 5.05. The van der Waals surface area contributed by atoms with Crippen molar-refractivity contribution >= 4 is 34.5 Å². The van der Waals surface area contributed by atoms with Crippen LogP contribution in [-0.4, -0.2) is 62.0 Å². The molecule has 0 amide bonds. The lowest BCUT2D eigenvalue weighted by Crippen LogP contribution is -2.18. The summed E-state index contributed by atoms with van der Waals surface area (Å²) in [5, 5.41) is 0.822. The van der Waals surface area contributed by atoms with E-state index < -0.39 is 0 Å². The van der Waals surface area contributed by atoms with E-state index in [9.17, 15) is 0 Å². The molecular formula is C10H14O5S2. The third-order valence-corrected chi connectivity index (χ3v) is 2.58. The molecule has 2 saturated heterocycles. The summed E-state index contributed by atoms with van der Waals surface area (Å²) in [7, 11) is 0. The van der Waals surface area contributed by atoms with Crippen molar-refractivity contribution in [1.82, 2.24) is 0 Å². The summed E-state index contributed by atoms with van der Waals surface area (Å²) in [6.45, 7) is 3.00. The molecule has 2 atom stereocenters. The van der Waals surface area contributed by atoms with Gasteiger partial charge < -0.3 is 23.7 Å². The molecule has 0 saturated carbocycles. The zero-order valence-corrected chi connectivity index (χ0v) is 10.9. The lowest BCUT2D eigenvalue weighted by molar-refractivity contribution is 0.160. The van der Waals surface area contributed by atoms with E-state index >= 15 is 0 Å². The van der Waals surface area contributed by atoms with Gasteiger partial charge in [0.2, 0.25) is 0 Å². The van der Waals surface area contributed by atoms with E-state index in [1.807, 2.05) is 0 Å².